The molecule has 0 aliphatic rings. The van der Waals surface area contributed by atoms with Crippen LogP contribution in [0.2, 0.25) is 0 Å². The Morgan fingerprint density at radius 3 is 2.57 bits per heavy atom. The van der Waals surface area contributed by atoms with Gasteiger partial charge in [-0.1, -0.05) is 0 Å². The molecule has 0 aromatic rings. The molecule has 3 heteroatoms. The van der Waals surface area contributed by atoms with Gasteiger partial charge in [0.05, 0.1) is 13.2 Å². The predicted octanol–water partition coefficient (Wildman–Crippen LogP) is -0.755. The molecule has 43 valence electrons. The van der Waals surface area contributed by atoms with Gasteiger partial charge in [-0.25, -0.2) is 0 Å². The number of rotatable bonds is 4. The number of hydrogen-bond donors (Lipinski definition) is 1. The van der Waals surface area contributed by atoms with Crippen LogP contribution in [-0.4, -0.2) is 26.3 Å². The Morgan fingerprint density at radius 1 is 1.43 bits per heavy atom. The third-order valence-corrected chi connectivity index (χ3v) is 0.509. The third kappa shape index (κ3) is 5.88. The number of hydrogen-bond acceptors (Lipinski definition) is 2. The highest BCUT2D eigenvalue weighted by Crippen LogP contribution is 1.66. The summed E-state index contributed by atoms with van der Waals surface area (Å²) in [7, 11) is 0. The van der Waals surface area contributed by atoms with E-state index in [-0.39, 0.29) is 0 Å². The molecule has 0 spiro atoms. The Labute approximate surface area is 43.6 Å². The second-order valence-electron chi connectivity index (χ2n) is 1.15. The van der Waals surface area contributed by atoms with Crippen LogP contribution in [-0.2, 0) is 4.74 Å². The van der Waals surface area contributed by atoms with Gasteiger partial charge in [-0.05, 0) is 0 Å². The summed E-state index contributed by atoms with van der Waals surface area (Å²) in [5, 5.41) is 0. The van der Waals surface area contributed by atoms with E-state index in [1.54, 1.807) is 0 Å². The first-order valence-corrected chi connectivity index (χ1v) is 2.34. The summed E-state index contributed by atoms with van der Waals surface area (Å²) in [6.45, 7) is 1.98. The second-order valence-corrected chi connectivity index (χ2v) is 1.15. The molecule has 0 aliphatic carbocycles. The average Bonchev–Trinajstić information content (AvgIpc) is 1.69. The van der Waals surface area contributed by atoms with E-state index in [0.29, 0.717) is 26.3 Å². The molecule has 0 saturated heterocycles. The molecule has 1 radical (unpaired) electrons. The smallest absolute Gasteiger partial charge is 0.0605 e. The summed E-state index contributed by atoms with van der Waals surface area (Å²) in [5.41, 5.74) is 11.7. The van der Waals surface area contributed by atoms with Crippen molar-refractivity contribution < 1.29 is 4.74 Å². The van der Waals surface area contributed by atoms with Crippen molar-refractivity contribution in [2.24, 2.45) is 5.73 Å². The minimum Gasteiger partial charge on any atom is -0.379 e. The van der Waals surface area contributed by atoms with E-state index in [4.69, 9.17) is 16.2 Å². The molecule has 0 heterocycles. The maximum Gasteiger partial charge on any atom is 0.0605 e. The van der Waals surface area contributed by atoms with Crippen LogP contribution in [0.3, 0.4) is 0 Å². The molecular weight excluding hydrogens is 92.1 g/mol. The van der Waals surface area contributed by atoms with Gasteiger partial charge in [-0.15, -0.1) is 0 Å². The monoisotopic (exact) mass is 103 g/mol. The van der Waals surface area contributed by atoms with E-state index in [2.05, 4.69) is 0 Å². The minimum absolute atomic E-state index is 0.333. The van der Waals surface area contributed by atoms with Gasteiger partial charge in [-0.3, -0.25) is 5.73 Å². The number of nitrogens with one attached hydrogen (secondary N) is 1. The summed E-state index contributed by atoms with van der Waals surface area (Å²) >= 11 is 0. The van der Waals surface area contributed by atoms with E-state index in [1.807, 2.05) is 0 Å². The first-order valence-electron chi connectivity index (χ1n) is 2.34. The molecule has 0 amide bonds. The van der Waals surface area contributed by atoms with Crippen LogP contribution in [0.1, 0.15) is 0 Å². The topological polar surface area (TPSA) is 59.0 Å². The van der Waals surface area contributed by atoms with Crippen molar-refractivity contribution in [3.63, 3.8) is 0 Å². The van der Waals surface area contributed by atoms with Gasteiger partial charge in [0.1, 0.15) is 0 Å². The molecule has 7 heavy (non-hydrogen) atoms. The van der Waals surface area contributed by atoms with Gasteiger partial charge < -0.3 is 10.5 Å². The standard InChI is InChI=1S/C4H11N2O/c5-1-3-7-4-2-6/h5H,1-4,6H2. The van der Waals surface area contributed by atoms with E-state index >= 15 is 0 Å². The Morgan fingerprint density at radius 2 is 2.14 bits per heavy atom. The van der Waals surface area contributed by atoms with Gasteiger partial charge in [0, 0.05) is 13.1 Å². The van der Waals surface area contributed by atoms with Crippen LogP contribution in [0, 0.1) is 0 Å². The van der Waals surface area contributed by atoms with Crippen LogP contribution in [0.25, 0.3) is 0 Å². The lowest BCUT2D eigenvalue weighted by molar-refractivity contribution is 0.148. The van der Waals surface area contributed by atoms with Crippen molar-refractivity contribution in [3.8, 4) is 0 Å². The quantitative estimate of drug-likeness (QED) is 0.476. The van der Waals surface area contributed by atoms with Crippen molar-refractivity contribution in [1.82, 2.24) is 5.73 Å². The Balaban J connectivity index is 2.45. The Hall–Kier alpha value is -0.120. The predicted molar refractivity (Wildman–Crippen MR) is 27.8 cm³/mol. The zero-order chi connectivity index (χ0) is 5.54. The van der Waals surface area contributed by atoms with Gasteiger partial charge in [-0.2, -0.15) is 0 Å². The molecule has 3 N–H and O–H groups in total. The zero-order valence-electron chi connectivity index (χ0n) is 4.31. The molecule has 0 saturated carbocycles. The SMILES string of the molecule is [NH]CCOCCN. The number of ether oxygens (including phenoxy) is 1. The normalized spacial score (nSPS) is 9.43. The lowest BCUT2D eigenvalue weighted by atomic mass is 10.7. The minimum atomic E-state index is 0.333. The van der Waals surface area contributed by atoms with Gasteiger partial charge in [0.25, 0.3) is 0 Å². The second kappa shape index (κ2) is 5.88. The van der Waals surface area contributed by atoms with Gasteiger partial charge in [0.2, 0.25) is 0 Å². The molecule has 0 rings (SSSR count). The first kappa shape index (κ1) is 6.88. The van der Waals surface area contributed by atoms with Crippen molar-refractivity contribution in [3.05, 3.63) is 0 Å². The highest BCUT2D eigenvalue weighted by molar-refractivity contribution is 4.31. The van der Waals surface area contributed by atoms with Crippen molar-refractivity contribution in [2.45, 2.75) is 0 Å². The first-order chi connectivity index (χ1) is 3.41. The van der Waals surface area contributed by atoms with Crippen molar-refractivity contribution in [2.75, 3.05) is 26.3 Å². The lowest BCUT2D eigenvalue weighted by Gasteiger charge is -1.95. The van der Waals surface area contributed by atoms with Crippen LogP contribution in [0.5, 0.6) is 0 Å². The summed E-state index contributed by atoms with van der Waals surface area (Å²) in [6.07, 6.45) is 0. The maximum atomic E-state index is 6.62. The molecule has 0 bridgehead atoms. The van der Waals surface area contributed by atoms with E-state index in [0.717, 1.165) is 0 Å². The van der Waals surface area contributed by atoms with Crippen LogP contribution in [0.15, 0.2) is 0 Å². The fourth-order valence-corrected chi connectivity index (χ4v) is 0.258. The Kier molecular flexibility index (Phi) is 5.78. The summed E-state index contributed by atoms with van der Waals surface area (Å²) in [5.74, 6) is 0. The largest absolute Gasteiger partial charge is 0.379 e. The maximum absolute atomic E-state index is 6.62. The molecule has 0 atom stereocenters. The zero-order valence-corrected chi connectivity index (χ0v) is 4.31. The van der Waals surface area contributed by atoms with Crippen molar-refractivity contribution >= 4 is 0 Å². The molecular formula is C4H11N2O. The van der Waals surface area contributed by atoms with E-state index in [1.165, 1.54) is 0 Å². The highest BCUT2D eigenvalue weighted by Gasteiger charge is 1.78. The molecule has 0 aliphatic heterocycles. The lowest BCUT2D eigenvalue weighted by Crippen LogP contribution is -2.10. The van der Waals surface area contributed by atoms with Crippen LogP contribution in [0.4, 0.5) is 0 Å². The van der Waals surface area contributed by atoms with Gasteiger partial charge in [0.15, 0.2) is 0 Å². The summed E-state index contributed by atoms with van der Waals surface area (Å²) in [6, 6.07) is 0. The van der Waals surface area contributed by atoms with E-state index in [9.17, 15) is 0 Å². The highest BCUT2D eigenvalue weighted by atomic mass is 16.5. The van der Waals surface area contributed by atoms with E-state index < -0.39 is 0 Å². The molecule has 0 unspecified atom stereocenters. The molecule has 0 fully saturated rings. The molecule has 3 nitrogen and oxygen atoms in total. The fraction of sp³-hybridized carbons (Fsp3) is 1.00. The summed E-state index contributed by atoms with van der Waals surface area (Å²) < 4.78 is 4.82. The fourth-order valence-electron chi connectivity index (χ4n) is 0.258. The Bertz CT molecular complexity index is 28.9. The number of nitrogens with two attached hydrogens (primary N) is 1. The molecule has 0 aromatic carbocycles. The van der Waals surface area contributed by atoms with Crippen LogP contribution >= 0.6 is 0 Å². The molecule has 0 aromatic heterocycles. The third-order valence-electron chi connectivity index (χ3n) is 0.509. The van der Waals surface area contributed by atoms with Crippen LogP contribution < -0.4 is 11.5 Å². The van der Waals surface area contributed by atoms with Crippen molar-refractivity contribution in [1.29, 1.82) is 0 Å². The van der Waals surface area contributed by atoms with Gasteiger partial charge >= 0.3 is 0 Å². The summed E-state index contributed by atoms with van der Waals surface area (Å²) in [4.78, 5) is 0. The average molecular weight is 103 g/mol.